The second-order valence-electron chi connectivity index (χ2n) is 5.44. The third kappa shape index (κ3) is 2.62. The Hall–Kier alpha value is -0.920. The average Bonchev–Trinajstić information content (AvgIpc) is 2.94. The lowest BCUT2D eigenvalue weighted by molar-refractivity contribution is 0.438. The van der Waals surface area contributed by atoms with E-state index in [-0.39, 0.29) is 12.0 Å². The minimum atomic E-state index is -3.47. The van der Waals surface area contributed by atoms with Gasteiger partial charge >= 0.3 is 0 Å². The Morgan fingerprint density at radius 1 is 1.40 bits per heavy atom. The Bertz CT molecular complexity index is 567. The first-order chi connectivity index (χ1) is 9.41. The molecule has 1 fully saturated rings. The Labute approximate surface area is 121 Å². The van der Waals surface area contributed by atoms with E-state index in [1.807, 2.05) is 6.92 Å². The van der Waals surface area contributed by atoms with Gasteiger partial charge < -0.3 is 5.73 Å². The van der Waals surface area contributed by atoms with E-state index in [0.29, 0.717) is 30.2 Å². The summed E-state index contributed by atoms with van der Waals surface area (Å²) in [5, 5.41) is 4.13. The summed E-state index contributed by atoms with van der Waals surface area (Å²) in [5.41, 5.74) is 6.77. The van der Waals surface area contributed by atoms with Crippen molar-refractivity contribution >= 4 is 10.0 Å². The number of hydrogen-bond acceptors (Lipinski definition) is 4. The topological polar surface area (TPSA) is 81.2 Å². The van der Waals surface area contributed by atoms with Gasteiger partial charge in [-0.05, 0) is 26.2 Å². The predicted octanol–water partition coefficient (Wildman–Crippen LogP) is 0.959. The molecule has 1 aliphatic heterocycles. The molecule has 0 bridgehead atoms. The molecule has 114 valence electrons. The van der Waals surface area contributed by atoms with Crippen LogP contribution in [0.3, 0.4) is 0 Å². The summed E-state index contributed by atoms with van der Waals surface area (Å²) < 4.78 is 28.6. The molecule has 2 atom stereocenters. The van der Waals surface area contributed by atoms with E-state index in [1.165, 1.54) is 10.5 Å². The van der Waals surface area contributed by atoms with Gasteiger partial charge in [0.25, 0.3) is 0 Å². The molecule has 2 unspecified atom stereocenters. The number of hydrogen-bond donors (Lipinski definition) is 1. The Morgan fingerprint density at radius 2 is 2.10 bits per heavy atom. The van der Waals surface area contributed by atoms with Crippen LogP contribution in [0.15, 0.2) is 11.1 Å². The third-order valence-corrected chi connectivity index (χ3v) is 6.03. The van der Waals surface area contributed by atoms with E-state index in [0.717, 1.165) is 12.8 Å². The smallest absolute Gasteiger partial charge is 0.246 e. The van der Waals surface area contributed by atoms with Gasteiger partial charge in [0, 0.05) is 25.7 Å². The molecule has 1 aromatic rings. The number of nitrogens with zero attached hydrogens (tertiary/aromatic N) is 3. The van der Waals surface area contributed by atoms with Crippen LogP contribution in [-0.4, -0.2) is 41.6 Å². The van der Waals surface area contributed by atoms with E-state index in [2.05, 4.69) is 12.0 Å². The van der Waals surface area contributed by atoms with Crippen LogP contribution in [0.1, 0.15) is 32.4 Å². The Morgan fingerprint density at radius 3 is 2.65 bits per heavy atom. The SMILES string of the molecule is CCCC1CN(S(=O)(=O)c2cnn(CC)c2C)CC1N. The summed E-state index contributed by atoms with van der Waals surface area (Å²) in [5.74, 6) is 0.260. The van der Waals surface area contributed by atoms with Gasteiger partial charge in [0.05, 0.1) is 11.9 Å². The van der Waals surface area contributed by atoms with Gasteiger partial charge in [-0.15, -0.1) is 0 Å². The Kier molecular flexibility index (Phi) is 4.51. The van der Waals surface area contributed by atoms with Crippen LogP contribution in [0.2, 0.25) is 0 Å². The standard InChI is InChI=1S/C13H24N4O2S/c1-4-6-11-8-16(9-12(11)14)20(18,19)13-7-15-17(5-2)10(13)3/h7,11-12H,4-6,8-9,14H2,1-3H3. The highest BCUT2D eigenvalue weighted by Gasteiger charge is 2.38. The molecule has 2 heterocycles. The summed E-state index contributed by atoms with van der Waals surface area (Å²) in [6.07, 6.45) is 3.45. The van der Waals surface area contributed by atoms with Crippen LogP contribution in [0, 0.1) is 12.8 Å². The molecule has 20 heavy (non-hydrogen) atoms. The third-order valence-electron chi connectivity index (χ3n) is 4.09. The molecule has 0 aromatic carbocycles. The molecule has 1 aliphatic rings. The molecule has 0 radical (unpaired) electrons. The minimum Gasteiger partial charge on any atom is -0.326 e. The van der Waals surface area contributed by atoms with E-state index in [1.54, 1.807) is 11.6 Å². The van der Waals surface area contributed by atoms with Crippen LogP contribution >= 0.6 is 0 Å². The molecular weight excluding hydrogens is 276 g/mol. The molecule has 0 amide bonds. The van der Waals surface area contributed by atoms with Crippen LogP contribution in [0.5, 0.6) is 0 Å². The van der Waals surface area contributed by atoms with E-state index >= 15 is 0 Å². The fourth-order valence-electron chi connectivity index (χ4n) is 2.87. The number of rotatable bonds is 5. The van der Waals surface area contributed by atoms with Gasteiger partial charge in [-0.1, -0.05) is 13.3 Å². The van der Waals surface area contributed by atoms with Gasteiger partial charge in [-0.2, -0.15) is 9.40 Å². The number of nitrogens with two attached hydrogens (primary N) is 1. The summed E-state index contributed by atoms with van der Waals surface area (Å²) in [6, 6.07) is -0.0637. The van der Waals surface area contributed by atoms with Crippen LogP contribution in [-0.2, 0) is 16.6 Å². The fraction of sp³-hybridized carbons (Fsp3) is 0.769. The highest BCUT2D eigenvalue weighted by molar-refractivity contribution is 7.89. The zero-order valence-corrected chi connectivity index (χ0v) is 13.2. The molecular formula is C13H24N4O2S. The van der Waals surface area contributed by atoms with E-state index in [9.17, 15) is 8.42 Å². The van der Waals surface area contributed by atoms with E-state index < -0.39 is 10.0 Å². The summed E-state index contributed by atoms with van der Waals surface area (Å²) in [4.78, 5) is 0.309. The predicted molar refractivity (Wildman–Crippen MR) is 77.8 cm³/mol. The van der Waals surface area contributed by atoms with Gasteiger partial charge in [0.1, 0.15) is 4.90 Å². The van der Waals surface area contributed by atoms with Crippen molar-refractivity contribution in [3.63, 3.8) is 0 Å². The summed E-state index contributed by atoms with van der Waals surface area (Å²) in [7, 11) is -3.47. The molecule has 2 rings (SSSR count). The Balaban J connectivity index is 2.25. The van der Waals surface area contributed by atoms with Gasteiger partial charge in [0.2, 0.25) is 10.0 Å². The maximum atomic E-state index is 12.7. The monoisotopic (exact) mass is 300 g/mol. The highest BCUT2D eigenvalue weighted by Crippen LogP contribution is 2.27. The lowest BCUT2D eigenvalue weighted by Gasteiger charge is -2.16. The van der Waals surface area contributed by atoms with Gasteiger partial charge in [-0.25, -0.2) is 8.42 Å². The maximum Gasteiger partial charge on any atom is 0.246 e. The van der Waals surface area contributed by atoms with Crippen molar-refractivity contribution < 1.29 is 8.42 Å². The lowest BCUT2D eigenvalue weighted by Crippen LogP contribution is -2.32. The molecule has 6 nitrogen and oxygen atoms in total. The molecule has 2 N–H and O–H groups in total. The first-order valence-corrected chi connectivity index (χ1v) is 8.63. The van der Waals surface area contributed by atoms with Crippen molar-refractivity contribution in [2.75, 3.05) is 13.1 Å². The normalized spacial score (nSPS) is 24.4. The largest absolute Gasteiger partial charge is 0.326 e. The van der Waals surface area contributed by atoms with Crippen molar-refractivity contribution in [2.24, 2.45) is 11.7 Å². The molecule has 1 aromatic heterocycles. The van der Waals surface area contributed by atoms with Crippen molar-refractivity contribution in [2.45, 2.75) is 51.1 Å². The fourth-order valence-corrected chi connectivity index (χ4v) is 4.56. The molecule has 0 aliphatic carbocycles. The number of aromatic nitrogens is 2. The number of sulfonamides is 1. The summed E-state index contributed by atoms with van der Waals surface area (Å²) in [6.45, 7) is 7.43. The minimum absolute atomic E-state index is 0.0637. The van der Waals surface area contributed by atoms with Crippen LogP contribution in [0.4, 0.5) is 0 Å². The summed E-state index contributed by atoms with van der Waals surface area (Å²) >= 11 is 0. The average molecular weight is 300 g/mol. The lowest BCUT2D eigenvalue weighted by atomic mass is 9.99. The molecule has 1 saturated heterocycles. The second kappa shape index (κ2) is 5.83. The van der Waals surface area contributed by atoms with Crippen LogP contribution < -0.4 is 5.73 Å². The zero-order chi connectivity index (χ0) is 14.9. The maximum absolute atomic E-state index is 12.7. The quantitative estimate of drug-likeness (QED) is 0.878. The van der Waals surface area contributed by atoms with Crippen molar-refractivity contribution in [3.05, 3.63) is 11.9 Å². The van der Waals surface area contributed by atoms with Crippen molar-refractivity contribution in [1.82, 2.24) is 14.1 Å². The van der Waals surface area contributed by atoms with Gasteiger partial charge in [-0.3, -0.25) is 4.68 Å². The molecule has 7 heteroatoms. The van der Waals surface area contributed by atoms with Crippen LogP contribution in [0.25, 0.3) is 0 Å². The zero-order valence-electron chi connectivity index (χ0n) is 12.4. The second-order valence-corrected chi connectivity index (χ2v) is 7.35. The van der Waals surface area contributed by atoms with Crippen molar-refractivity contribution in [3.8, 4) is 0 Å². The number of aryl methyl sites for hydroxylation is 1. The van der Waals surface area contributed by atoms with Crippen molar-refractivity contribution in [1.29, 1.82) is 0 Å². The first kappa shape index (κ1) is 15.5. The van der Waals surface area contributed by atoms with E-state index in [4.69, 9.17) is 5.73 Å². The van der Waals surface area contributed by atoms with Gasteiger partial charge in [0.15, 0.2) is 0 Å². The molecule has 0 spiro atoms. The molecule has 0 saturated carbocycles. The highest BCUT2D eigenvalue weighted by atomic mass is 32.2. The first-order valence-electron chi connectivity index (χ1n) is 7.19.